The fraction of sp³-hybridized carbons (Fsp3) is 0.300. The smallest absolute Gasteiger partial charge is 0.269 e. The number of carbonyl (C=O) groups is 2. The number of non-ortho nitro benzene ring substituents is 1. The first-order chi connectivity index (χ1) is 14.0. The van der Waals surface area contributed by atoms with Crippen LogP contribution in [0.25, 0.3) is 0 Å². The van der Waals surface area contributed by atoms with Gasteiger partial charge in [0, 0.05) is 36.9 Å². The largest absolute Gasteiger partial charge is 0.486 e. The molecule has 2 heterocycles. The molecule has 2 aromatic rings. The van der Waals surface area contributed by atoms with Crippen LogP contribution in [0.4, 0.5) is 11.4 Å². The zero-order valence-corrected chi connectivity index (χ0v) is 15.5. The van der Waals surface area contributed by atoms with E-state index in [1.54, 1.807) is 35.2 Å². The van der Waals surface area contributed by atoms with Crippen LogP contribution in [0, 0.1) is 10.1 Å². The predicted molar refractivity (Wildman–Crippen MR) is 103 cm³/mol. The lowest BCUT2D eigenvalue weighted by molar-refractivity contribution is -0.384. The van der Waals surface area contributed by atoms with Crippen LogP contribution in [0.1, 0.15) is 12.0 Å². The van der Waals surface area contributed by atoms with Gasteiger partial charge in [-0.25, -0.2) is 0 Å². The maximum absolute atomic E-state index is 12.4. The molecule has 2 aromatic carbocycles. The van der Waals surface area contributed by atoms with Crippen LogP contribution >= 0.6 is 0 Å². The highest BCUT2D eigenvalue weighted by Crippen LogP contribution is 2.35. The SMILES string of the molecule is O=C(Cc1ccc([N+](=O)[O-])cc1)N[C@@H]1CC(=O)N(c2ccc3c(c2)OCCO3)C1. The number of nitro groups is 1. The lowest BCUT2D eigenvalue weighted by Crippen LogP contribution is -2.38. The molecule has 1 N–H and O–H groups in total. The van der Waals surface area contributed by atoms with Gasteiger partial charge in [0.2, 0.25) is 11.8 Å². The summed E-state index contributed by atoms with van der Waals surface area (Å²) in [5.41, 5.74) is 1.35. The van der Waals surface area contributed by atoms with Crippen LogP contribution in [-0.2, 0) is 16.0 Å². The number of nitrogens with one attached hydrogen (secondary N) is 1. The van der Waals surface area contributed by atoms with Crippen molar-refractivity contribution in [2.75, 3.05) is 24.7 Å². The van der Waals surface area contributed by atoms with Gasteiger partial charge in [-0.3, -0.25) is 19.7 Å². The molecule has 9 nitrogen and oxygen atoms in total. The van der Waals surface area contributed by atoms with Crippen LogP contribution in [0.2, 0.25) is 0 Å². The summed E-state index contributed by atoms with van der Waals surface area (Å²) in [6.45, 7) is 1.33. The molecule has 0 bridgehead atoms. The quantitative estimate of drug-likeness (QED) is 0.609. The molecule has 0 unspecified atom stereocenters. The average molecular weight is 397 g/mol. The number of benzene rings is 2. The summed E-state index contributed by atoms with van der Waals surface area (Å²) in [5.74, 6) is 0.940. The fourth-order valence-corrected chi connectivity index (χ4v) is 3.45. The first kappa shape index (κ1) is 18.7. The Labute approximate surface area is 166 Å². The molecule has 150 valence electrons. The lowest BCUT2D eigenvalue weighted by atomic mass is 10.1. The average Bonchev–Trinajstić information content (AvgIpc) is 3.07. The van der Waals surface area contributed by atoms with E-state index < -0.39 is 4.92 Å². The third-order valence-corrected chi connectivity index (χ3v) is 4.84. The maximum Gasteiger partial charge on any atom is 0.269 e. The Kier molecular flexibility index (Phi) is 5.03. The van der Waals surface area contributed by atoms with Gasteiger partial charge in [0.1, 0.15) is 13.2 Å². The standard InChI is InChI=1S/C20H19N3O6/c24-19(9-13-1-3-15(4-2-13)23(26)27)21-14-10-20(25)22(12-14)16-5-6-17-18(11-16)29-8-7-28-17/h1-6,11,14H,7-10,12H2,(H,21,24)/t14-/m1/s1. The van der Waals surface area contributed by atoms with Gasteiger partial charge in [-0.2, -0.15) is 0 Å². The van der Waals surface area contributed by atoms with Crippen LogP contribution < -0.4 is 19.7 Å². The second-order valence-corrected chi connectivity index (χ2v) is 6.90. The second kappa shape index (κ2) is 7.78. The van der Waals surface area contributed by atoms with E-state index in [0.29, 0.717) is 42.5 Å². The number of anilines is 1. The minimum atomic E-state index is -0.486. The number of ether oxygens (including phenoxy) is 2. The first-order valence-electron chi connectivity index (χ1n) is 9.22. The number of nitro benzene ring substituents is 1. The highest BCUT2D eigenvalue weighted by Gasteiger charge is 2.32. The van der Waals surface area contributed by atoms with Gasteiger partial charge in [0.25, 0.3) is 5.69 Å². The van der Waals surface area contributed by atoms with Crippen molar-refractivity contribution in [1.29, 1.82) is 0 Å². The zero-order valence-electron chi connectivity index (χ0n) is 15.5. The van der Waals surface area contributed by atoms with Crippen molar-refractivity contribution in [3.63, 3.8) is 0 Å². The van der Waals surface area contributed by atoms with Crippen LogP contribution in [0.5, 0.6) is 11.5 Å². The van der Waals surface area contributed by atoms with Gasteiger partial charge in [0.15, 0.2) is 11.5 Å². The van der Waals surface area contributed by atoms with Gasteiger partial charge in [-0.05, 0) is 17.7 Å². The predicted octanol–water partition coefficient (Wildman–Crippen LogP) is 1.83. The van der Waals surface area contributed by atoms with Crippen molar-refractivity contribution in [3.05, 3.63) is 58.1 Å². The molecule has 2 amide bonds. The molecule has 0 aliphatic carbocycles. The molecule has 2 aliphatic heterocycles. The van der Waals surface area contributed by atoms with Crippen molar-refractivity contribution in [2.45, 2.75) is 18.9 Å². The highest BCUT2D eigenvalue weighted by molar-refractivity contribution is 5.97. The third kappa shape index (κ3) is 4.13. The molecule has 1 saturated heterocycles. The Hall–Kier alpha value is -3.62. The van der Waals surface area contributed by atoms with E-state index in [0.717, 1.165) is 0 Å². The Morgan fingerprint density at radius 2 is 1.86 bits per heavy atom. The van der Waals surface area contributed by atoms with Crippen molar-refractivity contribution < 1.29 is 24.0 Å². The molecular formula is C20H19N3O6. The first-order valence-corrected chi connectivity index (χ1v) is 9.22. The Balaban J connectivity index is 1.36. The second-order valence-electron chi connectivity index (χ2n) is 6.90. The third-order valence-electron chi connectivity index (χ3n) is 4.84. The van der Waals surface area contributed by atoms with Gasteiger partial charge >= 0.3 is 0 Å². The van der Waals surface area contributed by atoms with Crippen molar-refractivity contribution in [3.8, 4) is 11.5 Å². The Morgan fingerprint density at radius 1 is 1.14 bits per heavy atom. The Bertz CT molecular complexity index is 959. The fourth-order valence-electron chi connectivity index (χ4n) is 3.45. The summed E-state index contributed by atoms with van der Waals surface area (Å²) in [7, 11) is 0. The molecule has 1 fully saturated rings. The molecule has 9 heteroatoms. The van der Waals surface area contributed by atoms with Gasteiger partial charge in [-0.1, -0.05) is 12.1 Å². The van der Waals surface area contributed by atoms with Crippen molar-refractivity contribution in [1.82, 2.24) is 5.32 Å². The van der Waals surface area contributed by atoms with E-state index in [2.05, 4.69) is 5.32 Å². The number of hydrogen-bond acceptors (Lipinski definition) is 6. The van der Waals surface area contributed by atoms with Gasteiger partial charge < -0.3 is 19.7 Å². The van der Waals surface area contributed by atoms with E-state index >= 15 is 0 Å². The van der Waals surface area contributed by atoms with Crippen molar-refractivity contribution >= 4 is 23.2 Å². The van der Waals surface area contributed by atoms with E-state index in [1.165, 1.54) is 12.1 Å². The summed E-state index contributed by atoms with van der Waals surface area (Å²) in [6, 6.07) is 10.9. The molecule has 0 radical (unpaired) electrons. The monoisotopic (exact) mass is 397 g/mol. The number of rotatable bonds is 5. The number of carbonyl (C=O) groups excluding carboxylic acids is 2. The van der Waals surface area contributed by atoms with E-state index in [-0.39, 0.29) is 36.4 Å². The summed E-state index contributed by atoms with van der Waals surface area (Å²) in [6.07, 6.45) is 0.299. The van der Waals surface area contributed by atoms with Crippen LogP contribution in [-0.4, -0.2) is 42.5 Å². The molecule has 2 aliphatic rings. The molecule has 29 heavy (non-hydrogen) atoms. The van der Waals surface area contributed by atoms with E-state index in [1.807, 2.05) is 0 Å². The lowest BCUT2D eigenvalue weighted by Gasteiger charge is -2.22. The minimum Gasteiger partial charge on any atom is -0.486 e. The van der Waals surface area contributed by atoms with Gasteiger partial charge in [0.05, 0.1) is 17.4 Å². The Morgan fingerprint density at radius 3 is 2.59 bits per heavy atom. The summed E-state index contributed by atoms with van der Waals surface area (Å²) < 4.78 is 11.1. The topological polar surface area (TPSA) is 111 Å². The summed E-state index contributed by atoms with van der Waals surface area (Å²) in [4.78, 5) is 36.6. The summed E-state index contributed by atoms with van der Waals surface area (Å²) in [5, 5.41) is 13.6. The summed E-state index contributed by atoms with van der Waals surface area (Å²) >= 11 is 0. The number of hydrogen-bond donors (Lipinski definition) is 1. The van der Waals surface area contributed by atoms with E-state index in [4.69, 9.17) is 9.47 Å². The minimum absolute atomic E-state index is 0.0226. The van der Waals surface area contributed by atoms with Crippen LogP contribution in [0.3, 0.4) is 0 Å². The molecule has 0 spiro atoms. The number of amides is 2. The molecule has 1 atom stereocenters. The molecule has 0 aromatic heterocycles. The molecule has 0 saturated carbocycles. The zero-order chi connectivity index (χ0) is 20.4. The molecular weight excluding hydrogens is 378 g/mol. The number of nitrogens with zero attached hydrogens (tertiary/aromatic N) is 2. The normalized spacial score (nSPS) is 17.9. The van der Waals surface area contributed by atoms with Crippen LogP contribution in [0.15, 0.2) is 42.5 Å². The number of fused-ring (bicyclic) bond motifs is 1. The van der Waals surface area contributed by atoms with Gasteiger partial charge in [-0.15, -0.1) is 0 Å². The molecule has 4 rings (SSSR count). The maximum atomic E-state index is 12.4. The van der Waals surface area contributed by atoms with E-state index in [9.17, 15) is 19.7 Å². The highest BCUT2D eigenvalue weighted by atomic mass is 16.6. The van der Waals surface area contributed by atoms with Crippen molar-refractivity contribution in [2.24, 2.45) is 0 Å².